The van der Waals surface area contributed by atoms with Gasteiger partial charge < -0.3 is 15.3 Å². The molecule has 2 aromatic carbocycles. The predicted molar refractivity (Wildman–Crippen MR) is 107 cm³/mol. The molecule has 0 saturated carbocycles. The molecule has 7 heteroatoms. The average Bonchev–Trinajstić information content (AvgIpc) is 3.04. The minimum atomic E-state index is -0.724. The standard InChI is InChI=1S/C22H24N2O5/c1-2-24(29-21(26)13-7-12-20(23)25)22(27)28-14-19-17-10-5-3-8-15(17)16-9-4-6-11-18(16)19/h3-6,8-11,19H,2,7,12-14H2,1H3,(H2,23,25). The molecule has 0 aliphatic heterocycles. The lowest BCUT2D eigenvalue weighted by atomic mass is 9.98. The lowest BCUT2D eigenvalue weighted by Gasteiger charge is -2.21. The molecule has 0 heterocycles. The summed E-state index contributed by atoms with van der Waals surface area (Å²) in [5.41, 5.74) is 9.53. The monoisotopic (exact) mass is 396 g/mol. The van der Waals surface area contributed by atoms with E-state index < -0.39 is 18.0 Å². The Kier molecular flexibility index (Phi) is 6.49. The molecule has 0 saturated heterocycles. The Bertz CT molecular complexity index is 866. The number of benzene rings is 2. The highest BCUT2D eigenvalue weighted by molar-refractivity contribution is 5.79. The molecular formula is C22H24N2O5. The minimum absolute atomic E-state index is 0.00387. The zero-order chi connectivity index (χ0) is 20.8. The molecule has 2 aromatic rings. The zero-order valence-electron chi connectivity index (χ0n) is 16.3. The number of hydrogen-bond donors (Lipinski definition) is 1. The fraction of sp³-hybridized carbons (Fsp3) is 0.318. The number of carbonyl (C=O) groups is 3. The molecule has 1 aliphatic rings. The highest BCUT2D eigenvalue weighted by Crippen LogP contribution is 2.44. The van der Waals surface area contributed by atoms with Gasteiger partial charge in [0.05, 0.1) is 6.54 Å². The molecule has 29 heavy (non-hydrogen) atoms. The van der Waals surface area contributed by atoms with Gasteiger partial charge in [0.1, 0.15) is 6.61 Å². The van der Waals surface area contributed by atoms with Gasteiger partial charge in [-0.2, -0.15) is 0 Å². The van der Waals surface area contributed by atoms with Gasteiger partial charge >= 0.3 is 12.1 Å². The molecule has 2 N–H and O–H groups in total. The largest absolute Gasteiger partial charge is 0.446 e. The van der Waals surface area contributed by atoms with Crippen molar-refractivity contribution in [3.05, 3.63) is 59.7 Å². The molecule has 7 nitrogen and oxygen atoms in total. The minimum Gasteiger partial charge on any atom is -0.446 e. The van der Waals surface area contributed by atoms with Gasteiger partial charge in [-0.25, -0.2) is 9.59 Å². The smallest absolute Gasteiger partial charge is 0.443 e. The van der Waals surface area contributed by atoms with Gasteiger partial charge in [-0.1, -0.05) is 48.5 Å². The van der Waals surface area contributed by atoms with Crippen LogP contribution in [-0.4, -0.2) is 36.2 Å². The van der Waals surface area contributed by atoms with Crippen molar-refractivity contribution in [3.63, 3.8) is 0 Å². The zero-order valence-corrected chi connectivity index (χ0v) is 16.3. The lowest BCUT2D eigenvalue weighted by molar-refractivity contribution is -0.181. The van der Waals surface area contributed by atoms with Crippen molar-refractivity contribution in [3.8, 4) is 11.1 Å². The number of hydrogen-bond acceptors (Lipinski definition) is 5. The van der Waals surface area contributed by atoms with Crippen molar-refractivity contribution in [1.82, 2.24) is 5.06 Å². The van der Waals surface area contributed by atoms with E-state index in [1.807, 2.05) is 36.4 Å². The third kappa shape index (κ3) is 4.74. The summed E-state index contributed by atoms with van der Waals surface area (Å²) in [6.07, 6.45) is -0.365. The second-order valence-electron chi connectivity index (χ2n) is 6.78. The maximum atomic E-state index is 12.4. The summed E-state index contributed by atoms with van der Waals surface area (Å²) in [4.78, 5) is 40.1. The van der Waals surface area contributed by atoms with E-state index in [-0.39, 0.29) is 38.3 Å². The molecular weight excluding hydrogens is 372 g/mol. The van der Waals surface area contributed by atoms with Gasteiger partial charge in [0.25, 0.3) is 0 Å². The summed E-state index contributed by atoms with van der Waals surface area (Å²) in [6.45, 7) is 1.97. The number of primary amides is 1. The number of ether oxygens (including phenoxy) is 1. The van der Waals surface area contributed by atoms with E-state index >= 15 is 0 Å². The van der Waals surface area contributed by atoms with E-state index in [0.717, 1.165) is 27.3 Å². The molecule has 0 atom stereocenters. The Balaban J connectivity index is 1.61. The Labute approximate surface area is 169 Å². The lowest BCUT2D eigenvalue weighted by Crippen LogP contribution is -2.34. The molecule has 0 aromatic heterocycles. The van der Waals surface area contributed by atoms with Crippen LogP contribution in [0.3, 0.4) is 0 Å². The number of hydroxylamine groups is 2. The van der Waals surface area contributed by atoms with Gasteiger partial charge in [0, 0.05) is 18.8 Å². The molecule has 152 valence electrons. The number of fused-ring (bicyclic) bond motifs is 3. The van der Waals surface area contributed by atoms with Crippen molar-refractivity contribution >= 4 is 18.0 Å². The summed E-state index contributed by atoms with van der Waals surface area (Å²) in [6, 6.07) is 16.1. The van der Waals surface area contributed by atoms with Crippen LogP contribution < -0.4 is 5.73 Å². The van der Waals surface area contributed by atoms with Gasteiger partial charge in [-0.3, -0.25) is 4.79 Å². The quantitative estimate of drug-likeness (QED) is 0.724. The topological polar surface area (TPSA) is 98.9 Å². The molecule has 2 amide bonds. The second kappa shape index (κ2) is 9.23. The van der Waals surface area contributed by atoms with Crippen LogP contribution in [0.4, 0.5) is 4.79 Å². The van der Waals surface area contributed by atoms with E-state index in [9.17, 15) is 14.4 Å². The van der Waals surface area contributed by atoms with Crippen molar-refractivity contribution < 1.29 is 24.0 Å². The van der Waals surface area contributed by atoms with Gasteiger partial charge in [-0.15, -0.1) is 5.06 Å². The van der Waals surface area contributed by atoms with Crippen molar-refractivity contribution in [2.75, 3.05) is 13.2 Å². The van der Waals surface area contributed by atoms with Crippen molar-refractivity contribution in [2.45, 2.75) is 32.1 Å². The molecule has 0 spiro atoms. The van der Waals surface area contributed by atoms with Gasteiger partial charge in [-0.05, 0) is 35.6 Å². The first-order chi connectivity index (χ1) is 14.0. The van der Waals surface area contributed by atoms with E-state index in [4.69, 9.17) is 15.3 Å². The fourth-order valence-corrected chi connectivity index (χ4v) is 3.47. The molecule has 0 radical (unpaired) electrons. The van der Waals surface area contributed by atoms with Crippen LogP contribution in [0.1, 0.15) is 43.2 Å². The molecule has 0 unspecified atom stereocenters. The maximum Gasteiger partial charge on any atom is 0.443 e. The average molecular weight is 396 g/mol. The van der Waals surface area contributed by atoms with Crippen molar-refractivity contribution in [2.24, 2.45) is 5.73 Å². The van der Waals surface area contributed by atoms with E-state index in [2.05, 4.69) is 12.1 Å². The van der Waals surface area contributed by atoms with Crippen LogP contribution in [0.2, 0.25) is 0 Å². The highest BCUT2D eigenvalue weighted by atomic mass is 16.7. The SMILES string of the molecule is CCN(OC(=O)CCCC(N)=O)C(=O)OCC1c2ccccc2-c2ccccc21. The first-order valence-corrected chi connectivity index (χ1v) is 9.62. The van der Waals surface area contributed by atoms with Crippen LogP contribution in [0.15, 0.2) is 48.5 Å². The summed E-state index contributed by atoms with van der Waals surface area (Å²) in [5.74, 6) is -1.17. The number of rotatable bonds is 7. The molecule has 0 fully saturated rings. The number of nitrogens with zero attached hydrogens (tertiary/aromatic N) is 1. The van der Waals surface area contributed by atoms with Gasteiger partial charge in [0.2, 0.25) is 5.91 Å². The number of amides is 2. The van der Waals surface area contributed by atoms with Crippen LogP contribution in [-0.2, 0) is 19.2 Å². The second-order valence-corrected chi connectivity index (χ2v) is 6.78. The van der Waals surface area contributed by atoms with E-state index in [0.29, 0.717) is 0 Å². The van der Waals surface area contributed by atoms with Crippen LogP contribution >= 0.6 is 0 Å². The molecule has 3 rings (SSSR count). The fourth-order valence-electron chi connectivity index (χ4n) is 3.47. The Morgan fingerprint density at radius 1 is 0.966 bits per heavy atom. The number of carbonyl (C=O) groups excluding carboxylic acids is 3. The Morgan fingerprint density at radius 2 is 1.55 bits per heavy atom. The van der Waals surface area contributed by atoms with E-state index in [1.165, 1.54) is 0 Å². The Hall–Kier alpha value is -3.35. The predicted octanol–water partition coefficient (Wildman–Crippen LogP) is 3.37. The highest BCUT2D eigenvalue weighted by Gasteiger charge is 2.30. The summed E-state index contributed by atoms with van der Waals surface area (Å²) < 4.78 is 5.47. The third-order valence-corrected chi connectivity index (χ3v) is 4.84. The van der Waals surface area contributed by atoms with Crippen LogP contribution in [0.25, 0.3) is 11.1 Å². The van der Waals surface area contributed by atoms with Crippen molar-refractivity contribution in [1.29, 1.82) is 0 Å². The number of nitrogens with two attached hydrogens (primary N) is 1. The first-order valence-electron chi connectivity index (χ1n) is 9.62. The third-order valence-electron chi connectivity index (χ3n) is 4.84. The molecule has 0 bridgehead atoms. The maximum absolute atomic E-state index is 12.4. The molecule has 1 aliphatic carbocycles. The summed E-state index contributed by atoms with van der Waals surface area (Å²) in [5, 5.41) is 0.888. The summed E-state index contributed by atoms with van der Waals surface area (Å²) >= 11 is 0. The normalized spacial score (nSPS) is 12.0. The Morgan fingerprint density at radius 3 is 2.10 bits per heavy atom. The van der Waals surface area contributed by atoms with E-state index in [1.54, 1.807) is 6.92 Å². The van der Waals surface area contributed by atoms with Crippen LogP contribution in [0.5, 0.6) is 0 Å². The van der Waals surface area contributed by atoms with Gasteiger partial charge in [0.15, 0.2) is 0 Å². The first kappa shape index (κ1) is 20.4. The summed E-state index contributed by atoms with van der Waals surface area (Å²) in [7, 11) is 0. The van der Waals surface area contributed by atoms with Crippen LogP contribution in [0, 0.1) is 0 Å².